The Balaban J connectivity index is 2.80. The Kier molecular flexibility index (Phi) is 4.17. The van der Waals surface area contributed by atoms with Crippen molar-refractivity contribution in [1.82, 2.24) is 4.42 Å². The van der Waals surface area contributed by atoms with Crippen molar-refractivity contribution in [2.75, 3.05) is 0 Å². The second-order valence-corrected chi connectivity index (χ2v) is 6.38. The van der Waals surface area contributed by atoms with Gasteiger partial charge in [0.25, 0.3) is 0 Å². The van der Waals surface area contributed by atoms with Gasteiger partial charge in [-0.1, -0.05) is 6.58 Å². The fourth-order valence-electron chi connectivity index (χ4n) is 2.40. The van der Waals surface area contributed by atoms with Crippen LogP contribution in [-0.2, 0) is 4.74 Å². The zero-order valence-corrected chi connectivity index (χ0v) is 12.2. The van der Waals surface area contributed by atoms with Crippen molar-refractivity contribution in [1.29, 1.82) is 0 Å². The molecule has 4 heteroatoms. The van der Waals surface area contributed by atoms with E-state index in [1.165, 1.54) is 0 Å². The highest BCUT2D eigenvalue weighted by Crippen LogP contribution is 2.41. The first-order valence-corrected chi connectivity index (χ1v) is 6.42. The van der Waals surface area contributed by atoms with Crippen molar-refractivity contribution < 1.29 is 9.84 Å². The van der Waals surface area contributed by atoms with Gasteiger partial charge in [0.05, 0.1) is 11.6 Å². The van der Waals surface area contributed by atoms with Crippen LogP contribution in [0.3, 0.4) is 0 Å². The lowest BCUT2D eigenvalue weighted by molar-refractivity contribution is -0.113. The zero-order chi connectivity index (χ0) is 13.4. The third-order valence-corrected chi connectivity index (χ3v) is 4.57. The summed E-state index contributed by atoms with van der Waals surface area (Å²) in [5.41, 5.74) is -0.308. The van der Waals surface area contributed by atoms with E-state index in [1.54, 1.807) is 6.92 Å². The second-order valence-electron chi connectivity index (χ2n) is 6.04. The minimum Gasteiger partial charge on any atom is -0.510 e. The van der Waals surface area contributed by atoms with E-state index in [4.69, 9.17) is 16.5 Å². The van der Waals surface area contributed by atoms with Crippen LogP contribution in [0.2, 0.25) is 0 Å². The molecule has 0 aromatic carbocycles. The van der Waals surface area contributed by atoms with Crippen LogP contribution in [0.15, 0.2) is 12.3 Å². The first kappa shape index (κ1) is 14.8. The third-order valence-electron chi connectivity index (χ3n) is 3.68. The van der Waals surface area contributed by atoms with Crippen LogP contribution in [0.4, 0.5) is 0 Å². The zero-order valence-electron chi connectivity index (χ0n) is 11.5. The number of aliphatic hydroxyl groups excluding tert-OH is 1. The number of nitrogens with zero attached hydrogens (tertiary/aromatic N) is 1. The average Bonchev–Trinajstić information content (AvgIpc) is 2.20. The summed E-state index contributed by atoms with van der Waals surface area (Å²) in [5.74, 6) is 0.0618. The maximum atomic E-state index is 9.32. The van der Waals surface area contributed by atoms with Gasteiger partial charge >= 0.3 is 0 Å². The number of halogens is 1. The van der Waals surface area contributed by atoms with Gasteiger partial charge in [-0.05, 0) is 59.2 Å². The van der Waals surface area contributed by atoms with E-state index in [2.05, 4.69) is 34.3 Å². The Morgan fingerprint density at radius 2 is 2.00 bits per heavy atom. The number of aliphatic hydroxyl groups is 1. The van der Waals surface area contributed by atoms with E-state index >= 15 is 0 Å². The molecule has 0 aromatic rings. The smallest absolute Gasteiger partial charge is 0.114 e. The highest BCUT2D eigenvalue weighted by molar-refractivity contribution is 6.14. The molecule has 3 nitrogen and oxygen atoms in total. The van der Waals surface area contributed by atoms with Crippen molar-refractivity contribution >= 4 is 11.8 Å². The molecule has 1 rings (SSSR count). The Morgan fingerprint density at radius 1 is 1.47 bits per heavy atom. The van der Waals surface area contributed by atoms with Crippen molar-refractivity contribution in [2.45, 2.75) is 70.7 Å². The van der Waals surface area contributed by atoms with Crippen LogP contribution >= 0.6 is 11.8 Å². The molecule has 1 aliphatic rings. The van der Waals surface area contributed by atoms with Gasteiger partial charge in [0.1, 0.15) is 11.9 Å². The Bertz CT molecular complexity index is 302. The fourth-order valence-corrected chi connectivity index (χ4v) is 2.60. The van der Waals surface area contributed by atoms with Crippen LogP contribution in [0, 0.1) is 0 Å². The van der Waals surface area contributed by atoms with E-state index in [1.807, 2.05) is 4.42 Å². The van der Waals surface area contributed by atoms with E-state index in [-0.39, 0.29) is 29.0 Å². The maximum absolute atomic E-state index is 9.32. The number of hydrogen-bond donors (Lipinski definition) is 1. The molecule has 1 heterocycles. The highest BCUT2D eigenvalue weighted by atomic mass is 35.5. The molecule has 0 bridgehead atoms. The van der Waals surface area contributed by atoms with Gasteiger partial charge in [-0.3, -0.25) is 0 Å². The summed E-state index contributed by atoms with van der Waals surface area (Å²) in [6.07, 6.45) is 1.54. The lowest BCUT2D eigenvalue weighted by atomic mass is 9.80. The molecular formula is C13H24ClNO2. The quantitative estimate of drug-likeness (QED) is 0.622. The first-order valence-electron chi connectivity index (χ1n) is 6.08. The van der Waals surface area contributed by atoms with Gasteiger partial charge in [0.15, 0.2) is 0 Å². The Hall–Kier alpha value is -0.250. The van der Waals surface area contributed by atoms with Crippen LogP contribution in [0.5, 0.6) is 0 Å². The average molecular weight is 262 g/mol. The van der Waals surface area contributed by atoms with Crippen LogP contribution in [-0.4, -0.2) is 32.8 Å². The summed E-state index contributed by atoms with van der Waals surface area (Å²) in [4.78, 5) is 0. The molecule has 1 aliphatic heterocycles. The first-order chi connectivity index (χ1) is 7.59. The van der Waals surface area contributed by atoms with E-state index in [0.29, 0.717) is 0 Å². The number of piperidine rings is 1. The lowest BCUT2D eigenvalue weighted by Gasteiger charge is -2.52. The molecule has 17 heavy (non-hydrogen) atoms. The molecule has 0 aliphatic carbocycles. The summed E-state index contributed by atoms with van der Waals surface area (Å²) in [6, 6.07) is 0. The molecule has 0 unspecified atom stereocenters. The molecule has 0 amide bonds. The molecule has 0 aromatic heterocycles. The van der Waals surface area contributed by atoms with Gasteiger partial charge in [-0.15, -0.1) is 0 Å². The maximum Gasteiger partial charge on any atom is 0.114 e. The number of hydrogen-bond acceptors (Lipinski definition) is 3. The van der Waals surface area contributed by atoms with Gasteiger partial charge in [-0.25, -0.2) is 4.42 Å². The summed E-state index contributed by atoms with van der Waals surface area (Å²) >= 11 is 6.43. The molecule has 0 saturated carbocycles. The minimum absolute atomic E-state index is 0.00748. The van der Waals surface area contributed by atoms with Crippen molar-refractivity contribution in [3.8, 4) is 0 Å². The van der Waals surface area contributed by atoms with Gasteiger partial charge in [0, 0.05) is 5.54 Å². The van der Waals surface area contributed by atoms with Gasteiger partial charge in [-0.2, -0.15) is 0 Å². The van der Waals surface area contributed by atoms with Crippen LogP contribution in [0.1, 0.15) is 47.5 Å². The normalized spacial score (nSPS) is 29.9. The van der Waals surface area contributed by atoms with Crippen LogP contribution in [0.25, 0.3) is 0 Å². The minimum atomic E-state index is -0.356. The lowest BCUT2D eigenvalue weighted by Crippen LogP contribution is -2.61. The molecule has 0 radical (unpaired) electrons. The number of ether oxygens (including phenoxy) is 1. The Morgan fingerprint density at radius 3 is 2.47 bits per heavy atom. The third kappa shape index (κ3) is 2.95. The molecule has 1 fully saturated rings. The second kappa shape index (κ2) is 4.79. The molecular weight excluding hydrogens is 238 g/mol. The predicted octanol–water partition coefficient (Wildman–Crippen LogP) is 3.64. The molecule has 0 spiro atoms. The van der Waals surface area contributed by atoms with E-state index in [9.17, 15) is 5.11 Å². The van der Waals surface area contributed by atoms with Gasteiger partial charge in [0.2, 0.25) is 0 Å². The number of rotatable bonds is 3. The predicted molar refractivity (Wildman–Crippen MR) is 71.2 cm³/mol. The topological polar surface area (TPSA) is 32.7 Å². The summed E-state index contributed by atoms with van der Waals surface area (Å²) in [7, 11) is 0. The van der Waals surface area contributed by atoms with Crippen molar-refractivity contribution in [2.24, 2.45) is 0 Å². The van der Waals surface area contributed by atoms with Crippen LogP contribution < -0.4 is 0 Å². The highest BCUT2D eigenvalue weighted by Gasteiger charge is 2.47. The molecule has 100 valence electrons. The van der Waals surface area contributed by atoms with Crippen molar-refractivity contribution in [3.63, 3.8) is 0 Å². The SMILES string of the molecule is C=C(O)[C@H](C)O[C@@H]1CCC(C)(C)N(Cl)C1(C)C. The molecule has 1 N–H and O–H groups in total. The van der Waals surface area contributed by atoms with E-state index in [0.717, 1.165) is 12.8 Å². The summed E-state index contributed by atoms with van der Waals surface area (Å²) in [5, 5.41) is 9.32. The van der Waals surface area contributed by atoms with Crippen molar-refractivity contribution in [3.05, 3.63) is 12.3 Å². The summed E-state index contributed by atoms with van der Waals surface area (Å²) in [6.45, 7) is 13.7. The molecule has 2 atom stereocenters. The largest absolute Gasteiger partial charge is 0.510 e. The molecule has 1 saturated heterocycles. The monoisotopic (exact) mass is 261 g/mol. The fraction of sp³-hybridized carbons (Fsp3) is 0.846. The standard InChI is InChI=1S/C13H24ClNO2/c1-9(16)10(2)17-11-7-8-12(3,4)15(14)13(11,5)6/h10-11,16H,1,7-8H2,2-6H3/t10-,11+/m0/s1. The summed E-state index contributed by atoms with van der Waals surface area (Å²) < 4.78 is 7.70. The Labute approximate surface area is 110 Å². The van der Waals surface area contributed by atoms with Gasteiger partial charge < -0.3 is 9.84 Å². The van der Waals surface area contributed by atoms with E-state index < -0.39 is 0 Å².